The van der Waals surface area contributed by atoms with E-state index in [0.29, 0.717) is 10.6 Å². The van der Waals surface area contributed by atoms with Gasteiger partial charge in [0.2, 0.25) is 10.0 Å². The molecular weight excluding hydrogens is 374 g/mol. The van der Waals surface area contributed by atoms with Gasteiger partial charge in [0.25, 0.3) is 0 Å². The fraction of sp³-hybridized carbons (Fsp3) is 0.105. The number of carbonyl (C=O) groups is 1. The highest BCUT2D eigenvalue weighted by molar-refractivity contribution is 7.89. The summed E-state index contributed by atoms with van der Waals surface area (Å²) in [7, 11) is -2.66. The van der Waals surface area contributed by atoms with Crippen LogP contribution in [-0.4, -0.2) is 21.5 Å². The lowest BCUT2D eigenvalue weighted by Crippen LogP contribution is -2.32. The molecule has 1 unspecified atom stereocenters. The molecule has 0 bridgehead atoms. The lowest BCUT2D eigenvalue weighted by Gasteiger charge is -2.21. The van der Waals surface area contributed by atoms with Gasteiger partial charge in [-0.3, -0.25) is 0 Å². The van der Waals surface area contributed by atoms with E-state index in [4.69, 9.17) is 16.3 Å². The summed E-state index contributed by atoms with van der Waals surface area (Å²) in [6.07, 6.45) is 2.81. The second-order valence-corrected chi connectivity index (χ2v) is 7.42. The number of ether oxygens (including phenoxy) is 1. The minimum Gasteiger partial charge on any atom is -0.466 e. The number of halogens is 1. The second kappa shape index (κ2) is 8.80. The van der Waals surface area contributed by atoms with Crippen molar-refractivity contribution in [3.63, 3.8) is 0 Å². The zero-order valence-electron chi connectivity index (χ0n) is 14.1. The highest BCUT2D eigenvalue weighted by Crippen LogP contribution is 2.27. The first kappa shape index (κ1) is 19.9. The van der Waals surface area contributed by atoms with Gasteiger partial charge >= 0.3 is 5.97 Å². The average Bonchev–Trinajstić information content (AvgIpc) is 2.65. The van der Waals surface area contributed by atoms with Crippen LogP contribution in [0.15, 0.2) is 83.8 Å². The Bertz CT molecular complexity index is 906. The molecule has 136 valence electrons. The fourth-order valence-electron chi connectivity index (χ4n) is 2.32. The molecule has 0 spiro atoms. The van der Waals surface area contributed by atoms with Crippen LogP contribution in [0.25, 0.3) is 0 Å². The maximum atomic E-state index is 12.8. The molecule has 0 amide bonds. The van der Waals surface area contributed by atoms with Crippen LogP contribution in [0, 0.1) is 0 Å². The summed E-state index contributed by atoms with van der Waals surface area (Å²) in [5, 5.41) is 0.491. The Labute approximate surface area is 158 Å². The molecule has 0 radical (unpaired) electrons. The number of esters is 1. The number of sulfonamides is 1. The SMILES string of the molecule is C=C/C=C(/C(=O)OC)C(NS(=O)(=O)c1ccccc1)c1ccc(Cl)cc1. The summed E-state index contributed by atoms with van der Waals surface area (Å²) in [6.45, 7) is 3.58. The second-order valence-electron chi connectivity index (χ2n) is 5.27. The summed E-state index contributed by atoms with van der Waals surface area (Å²) in [5.41, 5.74) is 0.636. The Hall–Kier alpha value is -2.41. The quantitative estimate of drug-likeness (QED) is 0.444. The zero-order valence-corrected chi connectivity index (χ0v) is 15.6. The molecule has 1 N–H and O–H groups in total. The molecule has 0 saturated heterocycles. The molecule has 5 nitrogen and oxygen atoms in total. The zero-order chi connectivity index (χ0) is 19.2. The van der Waals surface area contributed by atoms with Gasteiger partial charge in [0, 0.05) is 5.02 Å². The molecular formula is C19H18ClNO4S. The first-order chi connectivity index (χ1) is 12.4. The van der Waals surface area contributed by atoms with E-state index in [9.17, 15) is 13.2 Å². The normalized spacial score (nSPS) is 13.1. The minimum atomic E-state index is -3.89. The predicted octanol–water partition coefficient (Wildman–Crippen LogP) is 3.65. The van der Waals surface area contributed by atoms with E-state index in [1.165, 1.54) is 31.4 Å². The summed E-state index contributed by atoms with van der Waals surface area (Å²) in [4.78, 5) is 12.3. The van der Waals surface area contributed by atoms with Crippen molar-refractivity contribution >= 4 is 27.6 Å². The van der Waals surface area contributed by atoms with Crippen molar-refractivity contribution in [3.05, 3.63) is 89.5 Å². The lowest BCUT2D eigenvalue weighted by atomic mass is 9.99. The Morgan fingerprint density at radius 1 is 1.15 bits per heavy atom. The van der Waals surface area contributed by atoms with Crippen LogP contribution in [-0.2, 0) is 19.6 Å². The van der Waals surface area contributed by atoms with Gasteiger partial charge in [-0.25, -0.2) is 13.2 Å². The molecule has 0 aliphatic rings. The van der Waals surface area contributed by atoms with E-state index < -0.39 is 22.0 Å². The molecule has 1 atom stereocenters. The van der Waals surface area contributed by atoms with Gasteiger partial charge in [-0.15, -0.1) is 0 Å². The monoisotopic (exact) mass is 391 g/mol. The van der Waals surface area contributed by atoms with Crippen molar-refractivity contribution < 1.29 is 17.9 Å². The lowest BCUT2D eigenvalue weighted by molar-refractivity contribution is -0.136. The average molecular weight is 392 g/mol. The van der Waals surface area contributed by atoms with E-state index >= 15 is 0 Å². The molecule has 2 aromatic carbocycles. The van der Waals surface area contributed by atoms with Gasteiger partial charge < -0.3 is 4.74 Å². The highest BCUT2D eigenvalue weighted by atomic mass is 35.5. The van der Waals surface area contributed by atoms with Crippen molar-refractivity contribution in [2.45, 2.75) is 10.9 Å². The maximum Gasteiger partial charge on any atom is 0.335 e. The van der Waals surface area contributed by atoms with Gasteiger partial charge in [-0.1, -0.05) is 60.7 Å². The first-order valence-corrected chi connectivity index (χ1v) is 9.49. The van der Waals surface area contributed by atoms with E-state index in [-0.39, 0.29) is 10.5 Å². The van der Waals surface area contributed by atoms with Gasteiger partial charge in [0.1, 0.15) is 0 Å². The number of methoxy groups -OCH3 is 1. The Balaban J connectivity index is 2.53. The van der Waals surface area contributed by atoms with Crippen LogP contribution < -0.4 is 4.72 Å². The topological polar surface area (TPSA) is 72.5 Å². The van der Waals surface area contributed by atoms with Crippen LogP contribution in [0.1, 0.15) is 11.6 Å². The molecule has 2 rings (SSSR count). The molecule has 0 aliphatic carbocycles. The number of hydrogen-bond acceptors (Lipinski definition) is 4. The molecule has 0 heterocycles. The number of allylic oxidation sites excluding steroid dienone is 2. The summed E-state index contributed by atoms with van der Waals surface area (Å²) in [6, 6.07) is 13.4. The van der Waals surface area contributed by atoms with Crippen LogP contribution >= 0.6 is 11.6 Å². The van der Waals surface area contributed by atoms with Crippen LogP contribution in [0.4, 0.5) is 0 Å². The highest BCUT2D eigenvalue weighted by Gasteiger charge is 2.28. The van der Waals surface area contributed by atoms with Crippen molar-refractivity contribution in [2.75, 3.05) is 7.11 Å². The maximum absolute atomic E-state index is 12.8. The van der Waals surface area contributed by atoms with Gasteiger partial charge in [-0.2, -0.15) is 4.72 Å². The number of rotatable bonds is 7. The molecule has 0 fully saturated rings. The van der Waals surface area contributed by atoms with Crippen molar-refractivity contribution in [3.8, 4) is 0 Å². The number of carbonyl (C=O) groups excluding carboxylic acids is 1. The third kappa shape index (κ3) is 4.82. The summed E-state index contributed by atoms with van der Waals surface area (Å²) in [5.74, 6) is -0.666. The minimum absolute atomic E-state index is 0.0850. The van der Waals surface area contributed by atoms with E-state index in [0.717, 1.165) is 0 Å². The van der Waals surface area contributed by atoms with E-state index in [1.807, 2.05) is 0 Å². The Morgan fingerprint density at radius 2 is 1.77 bits per heavy atom. The molecule has 2 aromatic rings. The first-order valence-electron chi connectivity index (χ1n) is 7.63. The van der Waals surface area contributed by atoms with Crippen molar-refractivity contribution in [1.82, 2.24) is 4.72 Å². The van der Waals surface area contributed by atoms with Crippen molar-refractivity contribution in [2.24, 2.45) is 0 Å². The van der Waals surface area contributed by atoms with Crippen LogP contribution in [0.2, 0.25) is 5.02 Å². The van der Waals surface area contributed by atoms with Crippen LogP contribution in [0.3, 0.4) is 0 Å². The molecule has 26 heavy (non-hydrogen) atoms. The molecule has 0 aliphatic heterocycles. The Kier molecular flexibility index (Phi) is 6.74. The van der Waals surface area contributed by atoms with Gasteiger partial charge in [-0.05, 0) is 29.8 Å². The standard InChI is InChI=1S/C19H18ClNO4S/c1-3-7-17(19(22)25-2)18(14-10-12-15(20)13-11-14)21-26(23,24)16-8-5-4-6-9-16/h3-13,18,21H,1H2,2H3/b17-7+. The van der Waals surface area contributed by atoms with E-state index in [2.05, 4.69) is 11.3 Å². The smallest absolute Gasteiger partial charge is 0.335 e. The predicted molar refractivity (Wildman–Crippen MR) is 101 cm³/mol. The third-order valence-corrected chi connectivity index (χ3v) is 5.25. The van der Waals surface area contributed by atoms with E-state index in [1.54, 1.807) is 42.5 Å². The fourth-order valence-corrected chi connectivity index (χ4v) is 3.67. The number of benzene rings is 2. The largest absolute Gasteiger partial charge is 0.466 e. The Morgan fingerprint density at radius 3 is 2.31 bits per heavy atom. The molecule has 0 saturated carbocycles. The third-order valence-electron chi connectivity index (χ3n) is 3.56. The number of hydrogen-bond donors (Lipinski definition) is 1. The summed E-state index contributed by atoms with van der Waals surface area (Å²) >= 11 is 5.91. The number of nitrogens with one attached hydrogen (secondary N) is 1. The molecule has 0 aromatic heterocycles. The van der Waals surface area contributed by atoms with Crippen LogP contribution in [0.5, 0.6) is 0 Å². The van der Waals surface area contributed by atoms with Gasteiger partial charge in [0.15, 0.2) is 0 Å². The molecule has 7 heteroatoms. The van der Waals surface area contributed by atoms with Gasteiger partial charge in [0.05, 0.1) is 23.6 Å². The summed E-state index contributed by atoms with van der Waals surface area (Å²) < 4.78 is 32.9. The van der Waals surface area contributed by atoms with Crippen molar-refractivity contribution in [1.29, 1.82) is 0 Å².